The van der Waals surface area contributed by atoms with Crippen molar-refractivity contribution in [2.75, 3.05) is 7.05 Å². The third-order valence-electron chi connectivity index (χ3n) is 2.67. The fourth-order valence-corrected chi connectivity index (χ4v) is 3.95. The summed E-state index contributed by atoms with van der Waals surface area (Å²) >= 11 is 6.96. The van der Waals surface area contributed by atoms with Crippen molar-refractivity contribution in [3.63, 3.8) is 0 Å². The van der Waals surface area contributed by atoms with Crippen LogP contribution in [0.3, 0.4) is 0 Å². The zero-order chi connectivity index (χ0) is 13.1. The Morgan fingerprint density at radius 3 is 2.83 bits per heavy atom. The first-order chi connectivity index (χ1) is 8.60. The molecule has 0 aliphatic rings. The highest BCUT2D eigenvalue weighted by Gasteiger charge is 2.12. The minimum absolute atomic E-state index is 0.325. The first-order valence-corrected chi connectivity index (χ1v) is 8.15. The Morgan fingerprint density at radius 1 is 1.44 bits per heavy atom. The molecule has 0 aliphatic heterocycles. The van der Waals surface area contributed by atoms with Crippen LogP contribution in [0.25, 0.3) is 0 Å². The summed E-state index contributed by atoms with van der Waals surface area (Å²) in [4.78, 5) is 5.76. The van der Waals surface area contributed by atoms with Gasteiger partial charge in [-0.1, -0.05) is 27.7 Å². The molecule has 0 fully saturated rings. The van der Waals surface area contributed by atoms with Crippen molar-refractivity contribution in [3.8, 4) is 0 Å². The van der Waals surface area contributed by atoms with Crippen LogP contribution in [0.5, 0.6) is 0 Å². The Morgan fingerprint density at radius 2 is 2.22 bits per heavy atom. The molecule has 1 heterocycles. The van der Waals surface area contributed by atoms with Crippen LogP contribution in [-0.4, -0.2) is 12.0 Å². The number of nitrogens with zero attached hydrogens (tertiary/aromatic N) is 1. The number of hydrogen-bond donors (Lipinski definition) is 1. The number of aromatic nitrogens is 1. The van der Waals surface area contributed by atoms with Gasteiger partial charge in [0.15, 0.2) is 4.34 Å². The molecular formula is C13H15BrN2S2. The molecule has 1 aromatic heterocycles. The van der Waals surface area contributed by atoms with Crippen LogP contribution in [0.2, 0.25) is 0 Å². The minimum atomic E-state index is 0.325. The van der Waals surface area contributed by atoms with E-state index in [1.54, 1.807) is 23.1 Å². The maximum atomic E-state index is 4.50. The van der Waals surface area contributed by atoms with Crippen molar-refractivity contribution in [2.45, 2.75) is 29.1 Å². The van der Waals surface area contributed by atoms with Crippen molar-refractivity contribution in [1.82, 2.24) is 10.3 Å². The second-order valence-electron chi connectivity index (χ2n) is 4.05. The predicted octanol–water partition coefficient (Wildman–Crippen LogP) is 4.65. The molecule has 0 radical (unpaired) electrons. The second-order valence-corrected chi connectivity index (χ2v) is 7.11. The summed E-state index contributed by atoms with van der Waals surface area (Å²) in [5.41, 5.74) is 2.38. The maximum absolute atomic E-state index is 4.50. The Balaban J connectivity index is 2.31. The van der Waals surface area contributed by atoms with Crippen molar-refractivity contribution < 1.29 is 0 Å². The highest BCUT2D eigenvalue weighted by Crippen LogP contribution is 2.36. The Hall–Kier alpha value is -0.360. The number of benzene rings is 1. The quantitative estimate of drug-likeness (QED) is 0.875. The summed E-state index contributed by atoms with van der Waals surface area (Å²) < 4.78 is 2.21. The van der Waals surface area contributed by atoms with Crippen molar-refractivity contribution in [2.24, 2.45) is 0 Å². The van der Waals surface area contributed by atoms with Gasteiger partial charge in [0.05, 0.1) is 0 Å². The molecule has 2 aromatic rings. The highest BCUT2D eigenvalue weighted by atomic mass is 79.9. The first kappa shape index (κ1) is 14.1. The Kier molecular flexibility index (Phi) is 4.84. The van der Waals surface area contributed by atoms with Gasteiger partial charge in [0.1, 0.15) is 0 Å². The average Bonchev–Trinajstić information content (AvgIpc) is 2.76. The van der Waals surface area contributed by atoms with Crippen molar-refractivity contribution in [1.29, 1.82) is 0 Å². The van der Waals surface area contributed by atoms with Gasteiger partial charge in [0.25, 0.3) is 0 Å². The summed E-state index contributed by atoms with van der Waals surface area (Å²) in [7, 11) is 1.98. The second kappa shape index (κ2) is 6.19. The number of aryl methyl sites for hydroxylation is 1. The molecule has 2 nitrogen and oxygen atoms in total. The summed E-state index contributed by atoms with van der Waals surface area (Å²) in [6.07, 6.45) is 0. The van der Waals surface area contributed by atoms with Crippen LogP contribution in [0.15, 0.2) is 37.3 Å². The fourth-order valence-electron chi connectivity index (χ4n) is 1.58. The lowest BCUT2D eigenvalue weighted by molar-refractivity contribution is 0.641. The largest absolute Gasteiger partial charge is 0.313 e. The molecule has 0 saturated carbocycles. The molecule has 96 valence electrons. The lowest BCUT2D eigenvalue weighted by Gasteiger charge is -2.15. The number of nitrogens with one attached hydrogen (secondary N) is 1. The number of rotatable bonds is 4. The number of thiazole rings is 1. The molecule has 0 saturated heterocycles. The summed E-state index contributed by atoms with van der Waals surface area (Å²) in [5, 5.41) is 5.37. The van der Waals surface area contributed by atoms with Crippen molar-refractivity contribution in [3.05, 3.63) is 39.3 Å². The predicted molar refractivity (Wildman–Crippen MR) is 82.6 cm³/mol. The van der Waals surface area contributed by atoms with E-state index in [9.17, 15) is 0 Å². The highest BCUT2D eigenvalue weighted by molar-refractivity contribution is 9.10. The summed E-state index contributed by atoms with van der Waals surface area (Å²) in [6.45, 7) is 4.19. The zero-order valence-corrected chi connectivity index (χ0v) is 13.7. The van der Waals surface area contributed by atoms with Crippen LogP contribution in [0, 0.1) is 6.92 Å². The van der Waals surface area contributed by atoms with Crippen LogP contribution >= 0.6 is 39.0 Å². The topological polar surface area (TPSA) is 24.9 Å². The van der Waals surface area contributed by atoms with E-state index < -0.39 is 0 Å². The average molecular weight is 343 g/mol. The molecule has 18 heavy (non-hydrogen) atoms. The fraction of sp³-hybridized carbons (Fsp3) is 0.308. The van der Waals surface area contributed by atoms with E-state index in [0.29, 0.717) is 6.04 Å². The van der Waals surface area contributed by atoms with E-state index in [1.807, 2.05) is 14.0 Å². The van der Waals surface area contributed by atoms with Gasteiger partial charge in [-0.25, -0.2) is 4.98 Å². The first-order valence-electron chi connectivity index (χ1n) is 5.67. The third-order valence-corrected chi connectivity index (χ3v) is 5.31. The maximum Gasteiger partial charge on any atom is 0.154 e. The normalized spacial score (nSPS) is 12.7. The van der Waals surface area contributed by atoms with Crippen molar-refractivity contribution >= 4 is 39.0 Å². The molecule has 2 rings (SSSR count). The van der Waals surface area contributed by atoms with Gasteiger partial charge < -0.3 is 5.32 Å². The number of halogens is 1. The van der Waals surface area contributed by atoms with Crippen LogP contribution in [0.4, 0.5) is 0 Å². The SMILES string of the molecule is CNC(C)c1cc(Br)ccc1Sc1nc(C)cs1. The van der Waals surface area contributed by atoms with E-state index in [4.69, 9.17) is 0 Å². The monoisotopic (exact) mass is 342 g/mol. The van der Waals surface area contributed by atoms with Gasteiger partial charge in [-0.2, -0.15) is 0 Å². The molecule has 0 amide bonds. The van der Waals surface area contributed by atoms with Crippen LogP contribution < -0.4 is 5.32 Å². The standard InChI is InChI=1S/C13H15BrN2S2/c1-8-7-17-13(16-8)18-12-5-4-10(14)6-11(12)9(2)15-3/h4-7,9,15H,1-3H3. The van der Waals surface area contributed by atoms with Crippen LogP contribution in [0.1, 0.15) is 24.2 Å². The Labute approximate surface area is 124 Å². The summed E-state index contributed by atoms with van der Waals surface area (Å²) in [6, 6.07) is 6.72. The van der Waals surface area contributed by atoms with Gasteiger partial charge in [-0.15, -0.1) is 11.3 Å². The molecular weight excluding hydrogens is 328 g/mol. The van der Waals surface area contributed by atoms with Gasteiger partial charge in [-0.05, 0) is 44.7 Å². The lowest BCUT2D eigenvalue weighted by Crippen LogP contribution is -2.13. The Bertz CT molecular complexity index is 540. The molecule has 5 heteroatoms. The molecule has 1 aromatic carbocycles. The lowest BCUT2D eigenvalue weighted by atomic mass is 10.1. The van der Waals surface area contributed by atoms with E-state index in [-0.39, 0.29) is 0 Å². The van der Waals surface area contributed by atoms with Gasteiger partial charge in [0.2, 0.25) is 0 Å². The van der Waals surface area contributed by atoms with E-state index in [2.05, 4.69) is 56.7 Å². The smallest absolute Gasteiger partial charge is 0.154 e. The van der Waals surface area contributed by atoms with Gasteiger partial charge in [-0.3, -0.25) is 0 Å². The van der Waals surface area contributed by atoms with Crippen LogP contribution in [-0.2, 0) is 0 Å². The van der Waals surface area contributed by atoms with Gasteiger partial charge >= 0.3 is 0 Å². The molecule has 1 N–H and O–H groups in total. The van der Waals surface area contributed by atoms with E-state index >= 15 is 0 Å². The zero-order valence-electron chi connectivity index (χ0n) is 10.5. The minimum Gasteiger partial charge on any atom is -0.313 e. The third kappa shape index (κ3) is 3.35. The number of hydrogen-bond acceptors (Lipinski definition) is 4. The van der Waals surface area contributed by atoms with Gasteiger partial charge in [0, 0.05) is 26.5 Å². The summed E-state index contributed by atoms with van der Waals surface area (Å²) in [5.74, 6) is 0. The van der Waals surface area contributed by atoms with E-state index in [0.717, 1.165) is 14.5 Å². The molecule has 0 spiro atoms. The molecule has 1 unspecified atom stereocenters. The van der Waals surface area contributed by atoms with E-state index in [1.165, 1.54) is 10.5 Å². The molecule has 1 atom stereocenters. The molecule has 0 aliphatic carbocycles. The molecule has 0 bridgehead atoms.